The maximum atomic E-state index is 11.9. The second kappa shape index (κ2) is 5.63. The molecule has 0 aromatic heterocycles. The predicted octanol–water partition coefficient (Wildman–Crippen LogP) is 2.24. The van der Waals surface area contributed by atoms with Crippen LogP contribution >= 0.6 is 31.9 Å². The van der Waals surface area contributed by atoms with Crippen LogP contribution in [0.2, 0.25) is 0 Å². The van der Waals surface area contributed by atoms with Gasteiger partial charge in [0.1, 0.15) is 0 Å². The van der Waals surface area contributed by atoms with E-state index in [4.69, 9.17) is 5.73 Å². The molecule has 2 N–H and O–H groups in total. The van der Waals surface area contributed by atoms with Gasteiger partial charge in [0.25, 0.3) is 5.91 Å². The monoisotopic (exact) mass is 334 g/mol. The molecule has 0 heterocycles. The van der Waals surface area contributed by atoms with Crippen molar-refractivity contribution in [1.29, 1.82) is 0 Å². The number of amides is 1. The highest BCUT2D eigenvalue weighted by Gasteiger charge is 2.13. The van der Waals surface area contributed by atoms with Gasteiger partial charge in [-0.3, -0.25) is 4.79 Å². The zero-order chi connectivity index (χ0) is 11.4. The van der Waals surface area contributed by atoms with Crippen LogP contribution in [0, 0.1) is 0 Å². The van der Waals surface area contributed by atoms with E-state index in [1.165, 1.54) is 0 Å². The summed E-state index contributed by atoms with van der Waals surface area (Å²) in [6, 6.07) is 5.47. The number of hydrogen-bond acceptors (Lipinski definition) is 2. The van der Waals surface area contributed by atoms with Gasteiger partial charge < -0.3 is 10.6 Å². The number of nitrogens with zero attached hydrogens (tertiary/aromatic N) is 1. The topological polar surface area (TPSA) is 46.3 Å². The summed E-state index contributed by atoms with van der Waals surface area (Å²) in [5.41, 5.74) is 6.04. The van der Waals surface area contributed by atoms with Gasteiger partial charge in [-0.05, 0) is 34.1 Å². The number of carbonyl (C=O) groups excluding carboxylic acids is 1. The SMILES string of the molecule is CN(CCN)C(=O)c1ccc(Br)cc1Br. The Hall–Kier alpha value is -0.390. The fourth-order valence-electron chi connectivity index (χ4n) is 1.16. The maximum absolute atomic E-state index is 11.9. The van der Waals surface area contributed by atoms with Crippen molar-refractivity contribution < 1.29 is 4.79 Å². The molecule has 3 nitrogen and oxygen atoms in total. The van der Waals surface area contributed by atoms with Crippen molar-refractivity contribution in [2.24, 2.45) is 5.73 Å². The molecule has 0 saturated heterocycles. The molecule has 0 aliphatic rings. The van der Waals surface area contributed by atoms with Crippen LogP contribution in [0.4, 0.5) is 0 Å². The minimum Gasteiger partial charge on any atom is -0.340 e. The molecule has 82 valence electrons. The van der Waals surface area contributed by atoms with Crippen molar-refractivity contribution in [2.75, 3.05) is 20.1 Å². The van der Waals surface area contributed by atoms with Crippen molar-refractivity contribution in [2.45, 2.75) is 0 Å². The van der Waals surface area contributed by atoms with Crippen LogP contribution in [-0.4, -0.2) is 30.9 Å². The van der Waals surface area contributed by atoms with E-state index in [1.54, 1.807) is 18.0 Å². The van der Waals surface area contributed by atoms with Gasteiger partial charge in [0, 0.05) is 29.1 Å². The molecule has 5 heteroatoms. The first kappa shape index (κ1) is 12.7. The first-order valence-corrected chi connectivity index (χ1v) is 6.05. The van der Waals surface area contributed by atoms with Crippen LogP contribution in [0.15, 0.2) is 27.1 Å². The Morgan fingerprint density at radius 3 is 2.67 bits per heavy atom. The van der Waals surface area contributed by atoms with Gasteiger partial charge in [0.15, 0.2) is 0 Å². The Bertz CT molecular complexity index is 368. The summed E-state index contributed by atoms with van der Waals surface area (Å²) < 4.78 is 1.72. The molecule has 0 unspecified atom stereocenters. The first-order valence-electron chi connectivity index (χ1n) is 4.47. The van der Waals surface area contributed by atoms with Crippen molar-refractivity contribution in [3.8, 4) is 0 Å². The van der Waals surface area contributed by atoms with E-state index >= 15 is 0 Å². The quantitative estimate of drug-likeness (QED) is 0.920. The van der Waals surface area contributed by atoms with Gasteiger partial charge in [0.05, 0.1) is 5.56 Å². The highest BCUT2D eigenvalue weighted by Crippen LogP contribution is 2.22. The summed E-state index contributed by atoms with van der Waals surface area (Å²) in [6.07, 6.45) is 0. The summed E-state index contributed by atoms with van der Waals surface area (Å²) in [4.78, 5) is 13.5. The number of benzene rings is 1. The van der Waals surface area contributed by atoms with E-state index in [0.717, 1.165) is 8.95 Å². The van der Waals surface area contributed by atoms with Crippen molar-refractivity contribution in [3.05, 3.63) is 32.7 Å². The molecule has 0 aliphatic carbocycles. The third kappa shape index (κ3) is 3.29. The lowest BCUT2D eigenvalue weighted by Gasteiger charge is -2.16. The minimum atomic E-state index is -0.0279. The van der Waals surface area contributed by atoms with E-state index in [2.05, 4.69) is 31.9 Å². The van der Waals surface area contributed by atoms with E-state index in [9.17, 15) is 4.79 Å². The summed E-state index contributed by atoms with van der Waals surface area (Å²) in [5.74, 6) is -0.0279. The van der Waals surface area contributed by atoms with Gasteiger partial charge in [-0.15, -0.1) is 0 Å². The number of halogens is 2. The fraction of sp³-hybridized carbons (Fsp3) is 0.300. The standard InChI is InChI=1S/C10H12Br2N2O/c1-14(5-4-13)10(15)8-3-2-7(11)6-9(8)12/h2-3,6H,4-5,13H2,1H3. The molecular weight excluding hydrogens is 324 g/mol. The smallest absolute Gasteiger partial charge is 0.254 e. The number of carbonyl (C=O) groups is 1. The van der Waals surface area contributed by atoms with Crippen LogP contribution in [0.3, 0.4) is 0 Å². The molecule has 15 heavy (non-hydrogen) atoms. The Balaban J connectivity index is 2.91. The van der Waals surface area contributed by atoms with Crippen molar-refractivity contribution in [3.63, 3.8) is 0 Å². The average molecular weight is 336 g/mol. The van der Waals surface area contributed by atoms with E-state index in [-0.39, 0.29) is 5.91 Å². The number of likely N-dealkylation sites (N-methyl/N-ethyl adjacent to an activating group) is 1. The average Bonchev–Trinajstić information content (AvgIpc) is 2.17. The molecule has 1 amide bonds. The second-order valence-corrected chi connectivity index (χ2v) is 4.91. The van der Waals surface area contributed by atoms with Crippen LogP contribution in [0.5, 0.6) is 0 Å². The van der Waals surface area contributed by atoms with Crippen LogP contribution in [-0.2, 0) is 0 Å². The predicted molar refractivity (Wildman–Crippen MR) is 67.9 cm³/mol. The molecule has 0 bridgehead atoms. The molecule has 0 atom stereocenters. The van der Waals surface area contributed by atoms with Crippen molar-refractivity contribution >= 4 is 37.8 Å². The molecule has 1 aromatic carbocycles. The zero-order valence-corrected chi connectivity index (χ0v) is 11.5. The fourth-order valence-corrected chi connectivity index (χ4v) is 2.38. The molecule has 0 aliphatic heterocycles. The Kier molecular flexibility index (Phi) is 4.76. The summed E-state index contributed by atoms with van der Waals surface area (Å²) in [5, 5.41) is 0. The summed E-state index contributed by atoms with van der Waals surface area (Å²) in [6.45, 7) is 1.03. The second-order valence-electron chi connectivity index (χ2n) is 3.14. The lowest BCUT2D eigenvalue weighted by atomic mass is 10.2. The molecular formula is C10H12Br2N2O. The third-order valence-corrected chi connectivity index (χ3v) is 3.12. The van der Waals surface area contributed by atoms with E-state index in [0.29, 0.717) is 18.7 Å². The van der Waals surface area contributed by atoms with Gasteiger partial charge in [-0.2, -0.15) is 0 Å². The normalized spacial score (nSPS) is 10.1. The molecule has 0 saturated carbocycles. The first-order chi connectivity index (χ1) is 7.06. The number of hydrogen-bond donors (Lipinski definition) is 1. The maximum Gasteiger partial charge on any atom is 0.254 e. The van der Waals surface area contributed by atoms with Crippen LogP contribution < -0.4 is 5.73 Å². The molecule has 1 rings (SSSR count). The molecule has 0 fully saturated rings. The van der Waals surface area contributed by atoms with E-state index < -0.39 is 0 Å². The van der Waals surface area contributed by atoms with E-state index in [1.807, 2.05) is 12.1 Å². The Morgan fingerprint density at radius 2 is 2.13 bits per heavy atom. The Morgan fingerprint density at radius 1 is 1.47 bits per heavy atom. The Labute approximate surface area is 106 Å². The number of nitrogens with two attached hydrogens (primary N) is 1. The van der Waals surface area contributed by atoms with Gasteiger partial charge in [-0.25, -0.2) is 0 Å². The zero-order valence-electron chi connectivity index (χ0n) is 8.34. The highest BCUT2D eigenvalue weighted by atomic mass is 79.9. The lowest BCUT2D eigenvalue weighted by Crippen LogP contribution is -2.31. The molecule has 1 aromatic rings. The number of rotatable bonds is 3. The minimum absolute atomic E-state index is 0.0279. The largest absolute Gasteiger partial charge is 0.340 e. The third-order valence-electron chi connectivity index (χ3n) is 1.97. The van der Waals surface area contributed by atoms with Crippen molar-refractivity contribution in [1.82, 2.24) is 4.90 Å². The van der Waals surface area contributed by atoms with Crippen LogP contribution in [0.1, 0.15) is 10.4 Å². The summed E-state index contributed by atoms with van der Waals surface area (Å²) >= 11 is 6.70. The summed E-state index contributed by atoms with van der Waals surface area (Å²) in [7, 11) is 1.74. The lowest BCUT2D eigenvalue weighted by molar-refractivity contribution is 0.0798. The van der Waals surface area contributed by atoms with Gasteiger partial charge in [-0.1, -0.05) is 15.9 Å². The molecule has 0 radical (unpaired) electrons. The highest BCUT2D eigenvalue weighted by molar-refractivity contribution is 9.11. The van der Waals surface area contributed by atoms with Gasteiger partial charge in [0.2, 0.25) is 0 Å². The van der Waals surface area contributed by atoms with Gasteiger partial charge >= 0.3 is 0 Å². The van der Waals surface area contributed by atoms with Crippen LogP contribution in [0.25, 0.3) is 0 Å². The molecule has 0 spiro atoms.